The van der Waals surface area contributed by atoms with Gasteiger partial charge in [0, 0.05) is 24.2 Å². The number of rotatable bonds is 5. The Morgan fingerprint density at radius 1 is 1.17 bits per heavy atom. The molecule has 150 valence electrons. The topological polar surface area (TPSA) is 102 Å². The van der Waals surface area contributed by atoms with Crippen LogP contribution in [0.4, 0.5) is 5.82 Å². The fourth-order valence-corrected chi connectivity index (χ4v) is 4.59. The van der Waals surface area contributed by atoms with Crippen molar-refractivity contribution in [3.05, 3.63) is 70.9 Å². The normalized spacial score (nSPS) is 13.2. The molecule has 1 aliphatic heterocycles. The highest BCUT2D eigenvalue weighted by Crippen LogP contribution is 2.29. The van der Waals surface area contributed by atoms with Crippen LogP contribution in [0.3, 0.4) is 0 Å². The first-order valence-electron chi connectivity index (χ1n) is 8.99. The second kappa shape index (κ2) is 7.34. The molecule has 2 heterocycles. The first kappa shape index (κ1) is 19.2. The molecule has 4 rings (SSSR count). The number of fused-ring (bicyclic) bond motifs is 1. The highest BCUT2D eigenvalue weighted by Gasteiger charge is 2.30. The molecule has 1 amide bonds. The maximum absolute atomic E-state index is 13.2. The molecule has 2 N–H and O–H groups in total. The van der Waals surface area contributed by atoms with Gasteiger partial charge in [-0.1, -0.05) is 12.1 Å². The molecule has 3 aromatic rings. The Balaban J connectivity index is 1.74. The predicted octanol–water partition coefficient (Wildman–Crippen LogP) is 2.29. The molecule has 1 aromatic heterocycles. The van der Waals surface area contributed by atoms with E-state index in [1.807, 2.05) is 13.0 Å². The number of anilines is 1. The summed E-state index contributed by atoms with van der Waals surface area (Å²) in [7, 11) is -2.42. The summed E-state index contributed by atoms with van der Waals surface area (Å²) in [6.45, 7) is 2.69. The summed E-state index contributed by atoms with van der Waals surface area (Å²) in [4.78, 5) is 12.9. The third kappa shape index (κ3) is 3.50. The number of hydrogen-bond donors (Lipinski definition) is 2. The predicted molar refractivity (Wildman–Crippen MR) is 107 cm³/mol. The Morgan fingerprint density at radius 2 is 1.93 bits per heavy atom. The van der Waals surface area contributed by atoms with Crippen LogP contribution in [0.5, 0.6) is 5.75 Å². The minimum atomic E-state index is -3.97. The lowest BCUT2D eigenvalue weighted by atomic mass is 10.2. The molecule has 0 radical (unpaired) electrons. The smallest absolute Gasteiger partial charge is 0.284 e. The van der Waals surface area contributed by atoms with Gasteiger partial charge in [-0.3, -0.25) is 4.79 Å². The van der Waals surface area contributed by atoms with Crippen molar-refractivity contribution >= 4 is 21.7 Å². The van der Waals surface area contributed by atoms with E-state index >= 15 is 0 Å². The number of nitrogens with one attached hydrogen (secondary N) is 2. The van der Waals surface area contributed by atoms with Crippen LogP contribution in [0.25, 0.3) is 0 Å². The first-order valence-corrected chi connectivity index (χ1v) is 10.4. The Hall–Kier alpha value is -3.17. The molecule has 9 heteroatoms. The number of nitrogens with zero attached hydrogens (tertiary/aromatic N) is 2. The second-order valence-corrected chi connectivity index (χ2v) is 8.49. The van der Waals surface area contributed by atoms with E-state index in [1.165, 1.54) is 6.07 Å². The maximum atomic E-state index is 13.2. The number of carbonyl (C=O) groups is 1. The quantitative estimate of drug-likeness (QED) is 0.667. The molecule has 29 heavy (non-hydrogen) atoms. The van der Waals surface area contributed by atoms with Crippen molar-refractivity contribution in [2.75, 3.05) is 12.4 Å². The maximum Gasteiger partial charge on any atom is 0.284 e. The molecule has 0 unspecified atom stereocenters. The molecule has 0 spiro atoms. The number of hydrogen-bond acceptors (Lipinski definition) is 6. The van der Waals surface area contributed by atoms with E-state index in [4.69, 9.17) is 4.74 Å². The average Bonchev–Trinajstić information content (AvgIpc) is 3.31. The second-order valence-electron chi connectivity index (χ2n) is 6.72. The third-order valence-corrected chi connectivity index (χ3v) is 6.30. The van der Waals surface area contributed by atoms with Crippen LogP contribution in [0.15, 0.2) is 53.4 Å². The van der Waals surface area contributed by atoms with E-state index in [-0.39, 0.29) is 10.7 Å². The fourth-order valence-electron chi connectivity index (χ4n) is 3.20. The molecule has 0 atom stereocenters. The minimum absolute atomic E-state index is 0.117. The number of methoxy groups -OCH3 is 1. The van der Waals surface area contributed by atoms with E-state index in [0.29, 0.717) is 35.7 Å². The molecule has 2 aromatic carbocycles. The monoisotopic (exact) mass is 412 g/mol. The molecular formula is C20H20N4O4S. The summed E-state index contributed by atoms with van der Waals surface area (Å²) in [6, 6.07) is 13.2. The lowest BCUT2D eigenvalue weighted by molar-refractivity contribution is 0.102. The van der Waals surface area contributed by atoms with Crippen molar-refractivity contribution in [3.63, 3.8) is 0 Å². The summed E-state index contributed by atoms with van der Waals surface area (Å²) in [5.41, 5.74) is 2.47. The SMILES string of the molecule is COc1ccc(C(=O)Nc2c3c(nn2S(=O)(=O)c2cccc(C)c2)CNC3)cc1. The van der Waals surface area contributed by atoms with Crippen LogP contribution in [-0.4, -0.2) is 30.6 Å². The van der Waals surface area contributed by atoms with Crippen molar-refractivity contribution in [2.24, 2.45) is 0 Å². The van der Waals surface area contributed by atoms with Crippen LogP contribution >= 0.6 is 0 Å². The fraction of sp³-hybridized carbons (Fsp3) is 0.200. The molecule has 8 nitrogen and oxygen atoms in total. The molecule has 1 aliphatic rings. The standard InChI is InChI=1S/C20H20N4O4S/c1-13-4-3-5-16(10-13)29(26,27)24-19(17-11-21-12-18(17)23-24)22-20(25)14-6-8-15(28-2)9-7-14/h3-10,21H,11-12H2,1-2H3,(H,22,25). The van der Waals surface area contributed by atoms with E-state index in [0.717, 1.165) is 9.65 Å². The van der Waals surface area contributed by atoms with Crippen LogP contribution in [0, 0.1) is 6.92 Å². The number of benzene rings is 2. The number of ether oxygens (including phenoxy) is 1. The van der Waals surface area contributed by atoms with Gasteiger partial charge in [0.1, 0.15) is 5.75 Å². The minimum Gasteiger partial charge on any atom is -0.497 e. The van der Waals surface area contributed by atoms with Crippen LogP contribution in [0.1, 0.15) is 27.2 Å². The van der Waals surface area contributed by atoms with Gasteiger partial charge in [0.05, 0.1) is 17.7 Å². The summed E-state index contributed by atoms with van der Waals surface area (Å²) < 4.78 is 32.5. The Bertz CT molecular complexity index is 1180. The number of aryl methyl sites for hydroxylation is 1. The van der Waals surface area contributed by atoms with Gasteiger partial charge in [0.25, 0.3) is 15.9 Å². The molecular weight excluding hydrogens is 392 g/mol. The van der Waals surface area contributed by atoms with Gasteiger partial charge in [-0.2, -0.15) is 13.5 Å². The van der Waals surface area contributed by atoms with Gasteiger partial charge in [-0.25, -0.2) is 0 Å². The lowest BCUT2D eigenvalue weighted by Crippen LogP contribution is -2.22. The number of carbonyl (C=O) groups excluding carboxylic acids is 1. The molecule has 0 bridgehead atoms. The number of aromatic nitrogens is 2. The lowest BCUT2D eigenvalue weighted by Gasteiger charge is -2.12. The third-order valence-electron chi connectivity index (χ3n) is 4.73. The van der Waals surface area contributed by atoms with E-state index < -0.39 is 15.9 Å². The summed E-state index contributed by atoms with van der Waals surface area (Å²) >= 11 is 0. The molecule has 0 fully saturated rings. The zero-order valence-electron chi connectivity index (χ0n) is 16.0. The Morgan fingerprint density at radius 3 is 2.62 bits per heavy atom. The van der Waals surface area contributed by atoms with Crippen molar-refractivity contribution in [2.45, 2.75) is 24.9 Å². The number of amides is 1. The summed E-state index contributed by atoms with van der Waals surface area (Å²) in [5.74, 6) is 0.356. The molecule has 0 saturated carbocycles. The first-order chi connectivity index (χ1) is 13.9. The Kier molecular flexibility index (Phi) is 4.85. The van der Waals surface area contributed by atoms with Gasteiger partial charge in [0.2, 0.25) is 0 Å². The van der Waals surface area contributed by atoms with Crippen molar-refractivity contribution in [1.29, 1.82) is 0 Å². The largest absolute Gasteiger partial charge is 0.497 e. The average molecular weight is 412 g/mol. The van der Waals surface area contributed by atoms with Crippen LogP contribution in [0.2, 0.25) is 0 Å². The molecule has 0 saturated heterocycles. The Labute approximate surface area is 168 Å². The van der Waals surface area contributed by atoms with Gasteiger partial charge in [-0.05, 0) is 48.9 Å². The van der Waals surface area contributed by atoms with Gasteiger partial charge in [0.15, 0.2) is 5.82 Å². The van der Waals surface area contributed by atoms with Crippen molar-refractivity contribution in [3.8, 4) is 5.75 Å². The zero-order valence-corrected chi connectivity index (χ0v) is 16.8. The molecule has 0 aliphatic carbocycles. The van der Waals surface area contributed by atoms with E-state index in [1.54, 1.807) is 43.5 Å². The zero-order chi connectivity index (χ0) is 20.6. The van der Waals surface area contributed by atoms with Crippen molar-refractivity contribution < 1.29 is 17.9 Å². The van der Waals surface area contributed by atoms with Gasteiger partial charge >= 0.3 is 0 Å². The van der Waals surface area contributed by atoms with Crippen LogP contribution in [-0.2, 0) is 23.1 Å². The van der Waals surface area contributed by atoms with Gasteiger partial charge in [-0.15, -0.1) is 4.09 Å². The van der Waals surface area contributed by atoms with E-state index in [9.17, 15) is 13.2 Å². The van der Waals surface area contributed by atoms with Crippen molar-refractivity contribution in [1.82, 2.24) is 14.5 Å². The van der Waals surface area contributed by atoms with E-state index in [2.05, 4.69) is 15.7 Å². The van der Waals surface area contributed by atoms with Gasteiger partial charge < -0.3 is 15.4 Å². The summed E-state index contributed by atoms with van der Waals surface area (Å²) in [5, 5.41) is 10.1. The highest BCUT2D eigenvalue weighted by molar-refractivity contribution is 7.90. The van der Waals surface area contributed by atoms with Crippen LogP contribution < -0.4 is 15.4 Å². The summed E-state index contributed by atoms with van der Waals surface area (Å²) in [6.07, 6.45) is 0. The highest BCUT2D eigenvalue weighted by atomic mass is 32.2.